The molecule has 1 aromatic heterocycles. The fourth-order valence-corrected chi connectivity index (χ4v) is 2.67. The van der Waals surface area contributed by atoms with Crippen molar-refractivity contribution in [2.75, 3.05) is 5.32 Å². The van der Waals surface area contributed by atoms with Crippen molar-refractivity contribution in [3.8, 4) is 0 Å². The van der Waals surface area contributed by atoms with Crippen LogP contribution in [-0.2, 0) is 17.8 Å². The fraction of sp³-hybridized carbons (Fsp3) is 0.412. The molecule has 0 fully saturated rings. The smallest absolute Gasteiger partial charge is 0.228 e. The van der Waals surface area contributed by atoms with Crippen molar-refractivity contribution in [3.05, 3.63) is 46.0 Å². The third-order valence-electron chi connectivity index (χ3n) is 3.61. The Morgan fingerprint density at radius 3 is 2.70 bits per heavy atom. The predicted molar refractivity (Wildman–Crippen MR) is 90.3 cm³/mol. The molecule has 1 heterocycles. The fourth-order valence-electron chi connectivity index (χ4n) is 2.46. The van der Waals surface area contributed by atoms with Crippen LogP contribution in [0.3, 0.4) is 0 Å². The van der Waals surface area contributed by atoms with Crippen molar-refractivity contribution in [1.82, 2.24) is 9.78 Å². The highest BCUT2D eigenvalue weighted by atomic mass is 35.5. The molecule has 1 amide bonds. The summed E-state index contributed by atoms with van der Waals surface area (Å²) < 4.78 is 15.0. The van der Waals surface area contributed by atoms with Crippen molar-refractivity contribution < 1.29 is 9.18 Å². The third-order valence-corrected chi connectivity index (χ3v) is 3.92. The maximum Gasteiger partial charge on any atom is 0.228 e. The number of carbonyl (C=O) groups is 1. The summed E-state index contributed by atoms with van der Waals surface area (Å²) in [5, 5.41) is 7.40. The molecule has 0 aliphatic rings. The van der Waals surface area contributed by atoms with Crippen LogP contribution >= 0.6 is 11.6 Å². The zero-order chi connectivity index (χ0) is 17.1. The Labute approximate surface area is 140 Å². The zero-order valence-electron chi connectivity index (χ0n) is 13.8. The van der Waals surface area contributed by atoms with Gasteiger partial charge in [-0.2, -0.15) is 5.10 Å². The highest BCUT2D eigenvalue weighted by Gasteiger charge is 2.16. The number of aromatic nitrogens is 2. The number of nitrogens with zero attached hydrogens (tertiary/aromatic N) is 2. The molecule has 0 unspecified atom stereocenters. The van der Waals surface area contributed by atoms with E-state index in [0.29, 0.717) is 11.6 Å². The number of carbonyl (C=O) groups excluding carboxylic acids is 1. The summed E-state index contributed by atoms with van der Waals surface area (Å²) in [6, 6.07) is 3.89. The van der Waals surface area contributed by atoms with E-state index in [1.165, 1.54) is 18.2 Å². The standard InChI is InChI=1S/C17H21ClFN3O/c1-10(2)9-22-12(4)14(11(3)21-22)8-17(23)20-16-6-5-13(19)7-15(16)18/h5-7,10H,8-9H2,1-4H3,(H,20,23). The molecule has 1 aromatic carbocycles. The lowest BCUT2D eigenvalue weighted by atomic mass is 10.1. The van der Waals surface area contributed by atoms with Crippen molar-refractivity contribution in [2.24, 2.45) is 5.92 Å². The molecule has 6 heteroatoms. The molecule has 0 aliphatic carbocycles. The van der Waals surface area contributed by atoms with Crippen LogP contribution in [0, 0.1) is 25.6 Å². The summed E-state index contributed by atoms with van der Waals surface area (Å²) in [7, 11) is 0. The largest absolute Gasteiger partial charge is 0.324 e. The Balaban J connectivity index is 2.12. The molecular formula is C17H21ClFN3O. The van der Waals surface area contributed by atoms with Crippen molar-refractivity contribution in [3.63, 3.8) is 0 Å². The van der Waals surface area contributed by atoms with Crippen LogP contribution < -0.4 is 5.32 Å². The SMILES string of the molecule is Cc1nn(CC(C)C)c(C)c1CC(=O)Nc1ccc(F)cc1Cl. The molecule has 0 spiro atoms. The van der Waals surface area contributed by atoms with Gasteiger partial charge in [0.2, 0.25) is 5.91 Å². The van der Waals surface area contributed by atoms with Crippen LogP contribution in [0.25, 0.3) is 0 Å². The van der Waals surface area contributed by atoms with E-state index in [4.69, 9.17) is 11.6 Å². The van der Waals surface area contributed by atoms with E-state index in [1.807, 2.05) is 18.5 Å². The molecule has 1 N–H and O–H groups in total. The van der Waals surface area contributed by atoms with E-state index in [-0.39, 0.29) is 17.4 Å². The number of amides is 1. The van der Waals surface area contributed by atoms with Gasteiger partial charge in [-0.3, -0.25) is 9.48 Å². The van der Waals surface area contributed by atoms with E-state index in [2.05, 4.69) is 24.3 Å². The van der Waals surface area contributed by atoms with Gasteiger partial charge in [-0.25, -0.2) is 4.39 Å². The first-order valence-electron chi connectivity index (χ1n) is 7.55. The van der Waals surface area contributed by atoms with E-state index in [9.17, 15) is 9.18 Å². The number of aryl methyl sites for hydroxylation is 1. The quantitative estimate of drug-likeness (QED) is 0.891. The summed E-state index contributed by atoms with van der Waals surface area (Å²) >= 11 is 5.93. The number of halogens is 2. The van der Waals surface area contributed by atoms with Gasteiger partial charge in [0.25, 0.3) is 0 Å². The van der Waals surface area contributed by atoms with Gasteiger partial charge < -0.3 is 5.32 Å². The second-order valence-corrected chi connectivity index (χ2v) is 6.48. The molecule has 23 heavy (non-hydrogen) atoms. The molecule has 0 radical (unpaired) electrons. The first kappa shape index (κ1) is 17.5. The Morgan fingerprint density at radius 1 is 1.39 bits per heavy atom. The maximum absolute atomic E-state index is 13.0. The monoisotopic (exact) mass is 337 g/mol. The maximum atomic E-state index is 13.0. The van der Waals surface area contributed by atoms with Crippen LogP contribution in [0.5, 0.6) is 0 Å². The first-order chi connectivity index (χ1) is 10.8. The summed E-state index contributed by atoms with van der Waals surface area (Å²) in [6.07, 6.45) is 0.212. The zero-order valence-corrected chi connectivity index (χ0v) is 14.5. The van der Waals surface area contributed by atoms with Crippen LogP contribution in [-0.4, -0.2) is 15.7 Å². The van der Waals surface area contributed by atoms with Crippen molar-refractivity contribution in [2.45, 2.75) is 40.7 Å². The van der Waals surface area contributed by atoms with Gasteiger partial charge in [0.15, 0.2) is 0 Å². The summed E-state index contributed by atoms with van der Waals surface area (Å²) in [4.78, 5) is 12.3. The van der Waals surface area contributed by atoms with Crippen molar-refractivity contribution in [1.29, 1.82) is 0 Å². The number of anilines is 1. The van der Waals surface area contributed by atoms with E-state index >= 15 is 0 Å². The molecule has 0 saturated carbocycles. The lowest BCUT2D eigenvalue weighted by Crippen LogP contribution is -2.16. The number of nitrogens with one attached hydrogen (secondary N) is 1. The van der Waals surface area contributed by atoms with Crippen LogP contribution in [0.1, 0.15) is 30.8 Å². The molecule has 2 rings (SSSR count). The minimum Gasteiger partial charge on any atom is -0.324 e. The van der Waals surface area contributed by atoms with Gasteiger partial charge in [-0.1, -0.05) is 25.4 Å². The molecule has 0 aliphatic heterocycles. The highest BCUT2D eigenvalue weighted by Crippen LogP contribution is 2.23. The van der Waals surface area contributed by atoms with Crippen LogP contribution in [0.4, 0.5) is 10.1 Å². The highest BCUT2D eigenvalue weighted by molar-refractivity contribution is 6.33. The molecule has 0 saturated heterocycles. The van der Waals surface area contributed by atoms with Crippen LogP contribution in [0.2, 0.25) is 5.02 Å². The van der Waals surface area contributed by atoms with E-state index in [0.717, 1.165) is 23.5 Å². The van der Waals surface area contributed by atoms with Crippen LogP contribution in [0.15, 0.2) is 18.2 Å². The second kappa shape index (κ2) is 7.13. The number of rotatable bonds is 5. The summed E-state index contributed by atoms with van der Waals surface area (Å²) in [5.41, 5.74) is 3.17. The molecule has 124 valence electrons. The van der Waals surface area contributed by atoms with E-state index < -0.39 is 5.82 Å². The van der Waals surface area contributed by atoms with Gasteiger partial charge in [0.1, 0.15) is 5.82 Å². The third kappa shape index (κ3) is 4.32. The van der Waals surface area contributed by atoms with Crippen molar-refractivity contribution >= 4 is 23.2 Å². The second-order valence-electron chi connectivity index (χ2n) is 6.07. The Hall–Kier alpha value is -1.88. The number of hydrogen-bond donors (Lipinski definition) is 1. The Bertz CT molecular complexity index is 725. The number of hydrogen-bond acceptors (Lipinski definition) is 2. The average Bonchev–Trinajstić information content (AvgIpc) is 2.69. The Morgan fingerprint density at radius 2 is 2.09 bits per heavy atom. The van der Waals surface area contributed by atoms with Gasteiger partial charge in [-0.15, -0.1) is 0 Å². The Kier molecular flexibility index (Phi) is 5.42. The average molecular weight is 338 g/mol. The lowest BCUT2D eigenvalue weighted by Gasteiger charge is -2.09. The molecular weight excluding hydrogens is 317 g/mol. The minimum absolute atomic E-state index is 0.183. The molecule has 0 bridgehead atoms. The minimum atomic E-state index is -0.436. The normalized spacial score (nSPS) is 11.1. The summed E-state index contributed by atoms with van der Waals surface area (Å²) in [5.74, 6) is -0.156. The number of benzene rings is 1. The topological polar surface area (TPSA) is 46.9 Å². The molecule has 2 aromatic rings. The molecule has 4 nitrogen and oxygen atoms in total. The first-order valence-corrected chi connectivity index (χ1v) is 7.93. The van der Waals surface area contributed by atoms with Gasteiger partial charge in [0.05, 0.1) is 22.8 Å². The van der Waals surface area contributed by atoms with Gasteiger partial charge in [-0.05, 0) is 38.0 Å². The molecule has 0 atom stereocenters. The van der Waals surface area contributed by atoms with E-state index in [1.54, 1.807) is 0 Å². The lowest BCUT2D eigenvalue weighted by molar-refractivity contribution is -0.115. The van der Waals surface area contributed by atoms with Gasteiger partial charge >= 0.3 is 0 Å². The predicted octanol–water partition coefficient (Wildman–Crippen LogP) is 4.13. The van der Waals surface area contributed by atoms with Gasteiger partial charge in [0, 0.05) is 17.8 Å². The summed E-state index contributed by atoms with van der Waals surface area (Å²) in [6.45, 7) is 8.93.